The third kappa shape index (κ3) is 2.77. The second-order valence-corrected chi connectivity index (χ2v) is 5.10. The van der Waals surface area contributed by atoms with Crippen molar-refractivity contribution >= 4 is 5.69 Å². The maximum atomic E-state index is 12.9. The second kappa shape index (κ2) is 5.54. The summed E-state index contributed by atoms with van der Waals surface area (Å²) in [7, 11) is 0. The molecule has 2 heterocycles. The summed E-state index contributed by atoms with van der Waals surface area (Å²) in [6.45, 7) is 1.89. The molecule has 1 saturated heterocycles. The molecule has 1 aliphatic rings. The van der Waals surface area contributed by atoms with Gasteiger partial charge in [-0.1, -0.05) is 0 Å². The van der Waals surface area contributed by atoms with E-state index in [1.54, 1.807) is 12.1 Å². The molecule has 0 bridgehead atoms. The Bertz CT molecular complexity index is 559. The normalized spacial score (nSPS) is 16.4. The summed E-state index contributed by atoms with van der Waals surface area (Å²) in [5.41, 5.74) is 7.73. The van der Waals surface area contributed by atoms with Crippen LogP contribution in [0.1, 0.15) is 12.8 Å². The lowest BCUT2D eigenvalue weighted by atomic mass is 10.1. The number of nitrogens with zero attached hydrogens (tertiary/aromatic N) is 3. The van der Waals surface area contributed by atoms with Gasteiger partial charge >= 0.3 is 0 Å². The Hall–Kier alpha value is -2.01. The van der Waals surface area contributed by atoms with E-state index in [4.69, 9.17) is 5.73 Å². The van der Waals surface area contributed by atoms with E-state index >= 15 is 0 Å². The van der Waals surface area contributed by atoms with Crippen molar-refractivity contribution in [2.75, 3.05) is 18.0 Å². The molecule has 1 aromatic heterocycles. The van der Waals surface area contributed by atoms with Gasteiger partial charge in [0.05, 0.1) is 18.1 Å². The number of hydrogen-bond donors (Lipinski definition) is 1. The number of hydrogen-bond acceptors (Lipinski definition) is 4. The van der Waals surface area contributed by atoms with Gasteiger partial charge in [0.2, 0.25) is 0 Å². The standard InChI is InChI=1S/C15H17FN4/c16-12-3-1-11(2-4-12)15-18-9-14(10-19-15)20-7-5-13(17)6-8-20/h1-4,9-10,13H,5-8,17H2. The minimum Gasteiger partial charge on any atom is -0.369 e. The zero-order valence-electron chi connectivity index (χ0n) is 11.2. The van der Waals surface area contributed by atoms with Crippen LogP contribution in [0.25, 0.3) is 11.4 Å². The van der Waals surface area contributed by atoms with E-state index in [1.807, 2.05) is 12.4 Å². The van der Waals surface area contributed by atoms with Crippen LogP contribution in [0.2, 0.25) is 0 Å². The maximum Gasteiger partial charge on any atom is 0.159 e. The van der Waals surface area contributed by atoms with E-state index in [-0.39, 0.29) is 5.82 Å². The zero-order chi connectivity index (χ0) is 13.9. The highest BCUT2D eigenvalue weighted by Gasteiger charge is 2.16. The Labute approximate surface area is 117 Å². The highest BCUT2D eigenvalue weighted by Crippen LogP contribution is 2.20. The fraction of sp³-hybridized carbons (Fsp3) is 0.333. The molecule has 1 aromatic carbocycles. The molecule has 5 heteroatoms. The van der Waals surface area contributed by atoms with Crippen molar-refractivity contribution in [3.8, 4) is 11.4 Å². The fourth-order valence-corrected chi connectivity index (χ4v) is 2.39. The van der Waals surface area contributed by atoms with Crippen molar-refractivity contribution in [3.05, 3.63) is 42.5 Å². The topological polar surface area (TPSA) is 55.0 Å². The Morgan fingerprint density at radius 1 is 1.05 bits per heavy atom. The predicted octanol–water partition coefficient (Wildman–Crippen LogP) is 2.21. The van der Waals surface area contributed by atoms with Crippen molar-refractivity contribution < 1.29 is 4.39 Å². The van der Waals surface area contributed by atoms with E-state index in [2.05, 4.69) is 14.9 Å². The first kappa shape index (κ1) is 13.0. The van der Waals surface area contributed by atoms with Crippen LogP contribution in [-0.2, 0) is 0 Å². The molecule has 1 aliphatic heterocycles. The number of rotatable bonds is 2. The Morgan fingerprint density at radius 2 is 1.65 bits per heavy atom. The molecule has 0 amide bonds. The lowest BCUT2D eigenvalue weighted by molar-refractivity contribution is 0.500. The van der Waals surface area contributed by atoms with Crippen molar-refractivity contribution in [1.29, 1.82) is 0 Å². The van der Waals surface area contributed by atoms with Gasteiger partial charge in [0.15, 0.2) is 5.82 Å². The van der Waals surface area contributed by atoms with Gasteiger partial charge in [0.25, 0.3) is 0 Å². The molecule has 2 N–H and O–H groups in total. The fourth-order valence-electron chi connectivity index (χ4n) is 2.39. The molecule has 0 atom stereocenters. The van der Waals surface area contributed by atoms with Gasteiger partial charge in [-0.2, -0.15) is 0 Å². The molecular weight excluding hydrogens is 255 g/mol. The molecule has 20 heavy (non-hydrogen) atoms. The zero-order valence-corrected chi connectivity index (χ0v) is 11.2. The van der Waals surface area contributed by atoms with Crippen LogP contribution < -0.4 is 10.6 Å². The van der Waals surface area contributed by atoms with Crippen LogP contribution in [0.4, 0.5) is 10.1 Å². The van der Waals surface area contributed by atoms with Gasteiger partial charge in [-0.05, 0) is 37.1 Å². The summed E-state index contributed by atoms with van der Waals surface area (Å²) >= 11 is 0. The van der Waals surface area contributed by atoms with Crippen molar-refractivity contribution in [2.24, 2.45) is 5.73 Å². The highest BCUT2D eigenvalue weighted by molar-refractivity contribution is 5.56. The third-order valence-corrected chi connectivity index (χ3v) is 3.65. The van der Waals surface area contributed by atoms with Gasteiger partial charge < -0.3 is 10.6 Å². The number of halogens is 1. The quantitative estimate of drug-likeness (QED) is 0.910. The number of benzene rings is 1. The lowest BCUT2D eigenvalue weighted by Crippen LogP contribution is -2.39. The number of piperidine rings is 1. The Kier molecular flexibility index (Phi) is 3.60. The molecule has 0 radical (unpaired) electrons. The molecule has 0 unspecified atom stereocenters. The van der Waals surface area contributed by atoms with Crippen LogP contribution in [-0.4, -0.2) is 29.1 Å². The van der Waals surface area contributed by atoms with Crippen LogP contribution in [0.5, 0.6) is 0 Å². The average Bonchev–Trinajstić information content (AvgIpc) is 2.49. The summed E-state index contributed by atoms with van der Waals surface area (Å²) in [6, 6.07) is 6.51. The van der Waals surface area contributed by atoms with Gasteiger partial charge in [0.1, 0.15) is 5.82 Å². The summed E-state index contributed by atoms with van der Waals surface area (Å²) in [6.07, 6.45) is 5.64. The molecule has 3 rings (SSSR count). The summed E-state index contributed by atoms with van der Waals surface area (Å²) in [5, 5.41) is 0. The van der Waals surface area contributed by atoms with E-state index < -0.39 is 0 Å². The molecule has 2 aromatic rings. The van der Waals surface area contributed by atoms with Crippen LogP contribution in [0, 0.1) is 5.82 Å². The highest BCUT2D eigenvalue weighted by atomic mass is 19.1. The molecule has 0 saturated carbocycles. The van der Waals surface area contributed by atoms with E-state index in [0.29, 0.717) is 11.9 Å². The first-order chi connectivity index (χ1) is 9.72. The SMILES string of the molecule is NC1CCN(c2cnc(-c3ccc(F)cc3)nc2)CC1. The second-order valence-electron chi connectivity index (χ2n) is 5.10. The first-order valence-electron chi connectivity index (χ1n) is 6.81. The molecular formula is C15H17FN4. The smallest absolute Gasteiger partial charge is 0.159 e. The van der Waals surface area contributed by atoms with Crippen LogP contribution in [0.3, 0.4) is 0 Å². The number of nitrogens with two attached hydrogens (primary N) is 1. The van der Waals surface area contributed by atoms with Gasteiger partial charge in [0, 0.05) is 24.7 Å². The Morgan fingerprint density at radius 3 is 2.25 bits per heavy atom. The van der Waals surface area contributed by atoms with Crippen LogP contribution >= 0.6 is 0 Å². The summed E-state index contributed by atoms with van der Waals surface area (Å²) in [5.74, 6) is 0.359. The molecule has 104 valence electrons. The number of anilines is 1. The molecule has 4 nitrogen and oxygen atoms in total. The van der Waals surface area contributed by atoms with Gasteiger partial charge in [-0.25, -0.2) is 14.4 Å². The summed E-state index contributed by atoms with van der Waals surface area (Å²) in [4.78, 5) is 11.0. The predicted molar refractivity (Wildman–Crippen MR) is 76.8 cm³/mol. The van der Waals surface area contributed by atoms with E-state index in [0.717, 1.165) is 37.2 Å². The largest absolute Gasteiger partial charge is 0.369 e. The van der Waals surface area contributed by atoms with Crippen molar-refractivity contribution in [2.45, 2.75) is 18.9 Å². The van der Waals surface area contributed by atoms with E-state index in [9.17, 15) is 4.39 Å². The lowest BCUT2D eigenvalue weighted by Gasteiger charge is -2.31. The molecule has 1 fully saturated rings. The third-order valence-electron chi connectivity index (χ3n) is 3.65. The molecule has 0 spiro atoms. The van der Waals surface area contributed by atoms with Gasteiger partial charge in [-0.3, -0.25) is 0 Å². The monoisotopic (exact) mass is 272 g/mol. The van der Waals surface area contributed by atoms with E-state index in [1.165, 1.54) is 12.1 Å². The minimum absolute atomic E-state index is 0.255. The first-order valence-corrected chi connectivity index (χ1v) is 6.81. The van der Waals surface area contributed by atoms with Crippen molar-refractivity contribution in [1.82, 2.24) is 9.97 Å². The average molecular weight is 272 g/mol. The maximum absolute atomic E-state index is 12.9. The summed E-state index contributed by atoms with van der Waals surface area (Å²) < 4.78 is 12.9. The van der Waals surface area contributed by atoms with Crippen LogP contribution in [0.15, 0.2) is 36.7 Å². The Balaban J connectivity index is 1.76. The number of aromatic nitrogens is 2. The molecule has 0 aliphatic carbocycles. The van der Waals surface area contributed by atoms with Crippen molar-refractivity contribution in [3.63, 3.8) is 0 Å². The minimum atomic E-state index is -0.255. The van der Waals surface area contributed by atoms with Gasteiger partial charge in [-0.15, -0.1) is 0 Å².